The van der Waals surface area contributed by atoms with Gasteiger partial charge in [0.15, 0.2) is 0 Å². The van der Waals surface area contributed by atoms with E-state index in [0.29, 0.717) is 17.1 Å². The summed E-state index contributed by atoms with van der Waals surface area (Å²) in [4.78, 5) is 26.3. The SMILES string of the molecule is CCCOc1ccc(C2=C(SC(C)C)C(=O)N(C)C2=O)cc1. The molecule has 0 radical (unpaired) electrons. The molecule has 0 aromatic heterocycles. The Morgan fingerprint density at radius 3 is 2.32 bits per heavy atom. The Labute approximate surface area is 135 Å². The van der Waals surface area contributed by atoms with Crippen molar-refractivity contribution in [1.82, 2.24) is 4.90 Å². The van der Waals surface area contributed by atoms with Crippen LogP contribution in [-0.2, 0) is 9.59 Å². The number of thioether (sulfide) groups is 1. The van der Waals surface area contributed by atoms with Gasteiger partial charge in [0.2, 0.25) is 0 Å². The van der Waals surface area contributed by atoms with Gasteiger partial charge in [0.05, 0.1) is 17.1 Å². The molecule has 1 aliphatic heterocycles. The van der Waals surface area contributed by atoms with E-state index in [1.54, 1.807) is 0 Å². The lowest BCUT2D eigenvalue weighted by atomic mass is 10.1. The summed E-state index contributed by atoms with van der Waals surface area (Å²) in [6.45, 7) is 6.73. The number of hydrogen-bond acceptors (Lipinski definition) is 4. The van der Waals surface area contributed by atoms with Crippen molar-refractivity contribution in [1.29, 1.82) is 0 Å². The van der Waals surface area contributed by atoms with Gasteiger partial charge in [-0.05, 0) is 24.1 Å². The first-order chi connectivity index (χ1) is 10.5. The Balaban J connectivity index is 2.35. The molecule has 0 spiro atoms. The number of likely N-dealkylation sites (N-methyl/N-ethyl adjacent to an activating group) is 1. The van der Waals surface area contributed by atoms with E-state index in [2.05, 4.69) is 0 Å². The number of hydrogen-bond donors (Lipinski definition) is 0. The molecule has 1 aromatic carbocycles. The molecule has 2 rings (SSSR count). The van der Waals surface area contributed by atoms with Crippen LogP contribution >= 0.6 is 11.8 Å². The second-order valence-electron chi connectivity index (χ2n) is 5.41. The maximum Gasteiger partial charge on any atom is 0.267 e. The predicted molar refractivity (Wildman–Crippen MR) is 89.7 cm³/mol. The molecule has 2 amide bonds. The number of carbonyl (C=O) groups is 2. The van der Waals surface area contributed by atoms with E-state index in [4.69, 9.17) is 4.74 Å². The highest BCUT2D eigenvalue weighted by molar-refractivity contribution is 8.04. The van der Waals surface area contributed by atoms with Crippen LogP contribution in [0, 0.1) is 0 Å². The van der Waals surface area contributed by atoms with Crippen LogP contribution in [-0.4, -0.2) is 35.6 Å². The average Bonchev–Trinajstić information content (AvgIpc) is 2.70. The summed E-state index contributed by atoms with van der Waals surface area (Å²) in [5.74, 6) is 0.315. The number of ether oxygens (including phenoxy) is 1. The summed E-state index contributed by atoms with van der Waals surface area (Å²) in [6.07, 6.45) is 0.944. The van der Waals surface area contributed by atoms with Crippen molar-refractivity contribution < 1.29 is 14.3 Å². The van der Waals surface area contributed by atoms with Gasteiger partial charge >= 0.3 is 0 Å². The van der Waals surface area contributed by atoms with E-state index in [0.717, 1.165) is 17.7 Å². The normalized spacial score (nSPS) is 15.2. The smallest absolute Gasteiger partial charge is 0.267 e. The lowest BCUT2D eigenvalue weighted by Crippen LogP contribution is -2.26. The fourth-order valence-corrected chi connectivity index (χ4v) is 3.19. The largest absolute Gasteiger partial charge is 0.494 e. The fraction of sp³-hybridized carbons (Fsp3) is 0.412. The van der Waals surface area contributed by atoms with Crippen molar-refractivity contribution in [2.75, 3.05) is 13.7 Å². The molecule has 0 saturated heterocycles. The van der Waals surface area contributed by atoms with Crippen molar-refractivity contribution in [2.45, 2.75) is 32.4 Å². The minimum atomic E-state index is -0.240. The Kier molecular flexibility index (Phi) is 5.29. The Bertz CT molecular complexity index is 605. The summed E-state index contributed by atoms with van der Waals surface area (Å²) >= 11 is 1.44. The van der Waals surface area contributed by atoms with Crippen LogP contribution < -0.4 is 4.74 Å². The number of rotatable bonds is 6. The third-order valence-electron chi connectivity index (χ3n) is 3.21. The molecule has 0 fully saturated rings. The van der Waals surface area contributed by atoms with Crippen LogP contribution in [0.15, 0.2) is 29.2 Å². The average molecular weight is 319 g/mol. The van der Waals surface area contributed by atoms with Gasteiger partial charge in [0, 0.05) is 12.3 Å². The molecule has 0 atom stereocenters. The third-order valence-corrected chi connectivity index (χ3v) is 4.30. The zero-order chi connectivity index (χ0) is 16.3. The van der Waals surface area contributed by atoms with Gasteiger partial charge in [0.25, 0.3) is 11.8 Å². The van der Waals surface area contributed by atoms with Crippen LogP contribution in [0.5, 0.6) is 5.75 Å². The van der Waals surface area contributed by atoms with E-state index < -0.39 is 0 Å². The topological polar surface area (TPSA) is 46.6 Å². The van der Waals surface area contributed by atoms with Gasteiger partial charge in [-0.15, -0.1) is 11.8 Å². The zero-order valence-corrected chi connectivity index (χ0v) is 14.2. The van der Waals surface area contributed by atoms with Crippen molar-refractivity contribution in [3.8, 4) is 5.75 Å². The number of imide groups is 1. The summed E-state index contributed by atoms with van der Waals surface area (Å²) in [5.41, 5.74) is 1.25. The molecule has 118 valence electrons. The highest BCUT2D eigenvalue weighted by atomic mass is 32.2. The molecule has 0 unspecified atom stereocenters. The second-order valence-corrected chi connectivity index (χ2v) is 7.00. The quantitative estimate of drug-likeness (QED) is 0.755. The molecule has 5 heteroatoms. The molecule has 22 heavy (non-hydrogen) atoms. The van der Waals surface area contributed by atoms with E-state index in [-0.39, 0.29) is 17.1 Å². The van der Waals surface area contributed by atoms with Crippen LogP contribution in [0.2, 0.25) is 0 Å². The Hall–Kier alpha value is -1.75. The molecule has 0 N–H and O–H groups in total. The van der Waals surface area contributed by atoms with Gasteiger partial charge in [0.1, 0.15) is 5.75 Å². The molecule has 1 heterocycles. The number of nitrogens with zero attached hydrogens (tertiary/aromatic N) is 1. The van der Waals surface area contributed by atoms with Crippen LogP contribution in [0.4, 0.5) is 0 Å². The molecule has 0 bridgehead atoms. The minimum Gasteiger partial charge on any atom is -0.494 e. The first kappa shape index (κ1) is 16.6. The predicted octanol–water partition coefficient (Wildman–Crippen LogP) is 3.33. The maximum atomic E-state index is 12.4. The van der Waals surface area contributed by atoms with Crippen LogP contribution in [0.3, 0.4) is 0 Å². The van der Waals surface area contributed by atoms with E-state index in [1.165, 1.54) is 23.7 Å². The van der Waals surface area contributed by atoms with Gasteiger partial charge < -0.3 is 4.74 Å². The first-order valence-electron chi connectivity index (χ1n) is 7.42. The third kappa shape index (κ3) is 3.35. The van der Waals surface area contributed by atoms with Crippen molar-refractivity contribution in [3.63, 3.8) is 0 Å². The summed E-state index contributed by atoms with van der Waals surface area (Å²) < 4.78 is 5.55. The molecular weight excluding hydrogens is 298 g/mol. The van der Waals surface area contributed by atoms with Gasteiger partial charge in [-0.1, -0.05) is 32.9 Å². The second kappa shape index (κ2) is 7.01. The molecule has 0 aliphatic carbocycles. The highest BCUT2D eigenvalue weighted by Gasteiger charge is 2.37. The Morgan fingerprint density at radius 1 is 1.14 bits per heavy atom. The van der Waals surface area contributed by atoms with E-state index >= 15 is 0 Å². The summed E-state index contributed by atoms with van der Waals surface area (Å²) in [7, 11) is 1.53. The monoisotopic (exact) mass is 319 g/mol. The molecule has 1 aromatic rings. The van der Waals surface area contributed by atoms with Gasteiger partial charge in [-0.25, -0.2) is 0 Å². The minimum absolute atomic E-state index is 0.218. The number of benzene rings is 1. The zero-order valence-electron chi connectivity index (χ0n) is 13.4. The highest BCUT2D eigenvalue weighted by Crippen LogP contribution is 2.37. The fourth-order valence-electron chi connectivity index (χ4n) is 2.15. The first-order valence-corrected chi connectivity index (χ1v) is 8.30. The summed E-state index contributed by atoms with van der Waals surface area (Å²) in [6, 6.07) is 7.36. The van der Waals surface area contributed by atoms with E-state index in [9.17, 15) is 9.59 Å². The van der Waals surface area contributed by atoms with Crippen molar-refractivity contribution >= 4 is 29.1 Å². The van der Waals surface area contributed by atoms with Crippen molar-refractivity contribution in [2.24, 2.45) is 0 Å². The van der Waals surface area contributed by atoms with Crippen molar-refractivity contribution in [3.05, 3.63) is 34.7 Å². The maximum absolute atomic E-state index is 12.4. The lowest BCUT2D eigenvalue weighted by Gasteiger charge is -2.08. The molecular formula is C17H21NO3S. The number of amides is 2. The molecule has 4 nitrogen and oxygen atoms in total. The summed E-state index contributed by atoms with van der Waals surface area (Å²) in [5, 5.41) is 0.236. The van der Waals surface area contributed by atoms with Gasteiger partial charge in [-0.2, -0.15) is 0 Å². The Morgan fingerprint density at radius 2 is 1.77 bits per heavy atom. The number of carbonyl (C=O) groups excluding carboxylic acids is 2. The van der Waals surface area contributed by atoms with Crippen LogP contribution in [0.25, 0.3) is 5.57 Å². The lowest BCUT2D eigenvalue weighted by molar-refractivity contribution is -0.134. The van der Waals surface area contributed by atoms with Crippen LogP contribution in [0.1, 0.15) is 32.8 Å². The molecule has 1 aliphatic rings. The molecule has 0 saturated carbocycles. The standard InChI is InChI=1S/C17H21NO3S/c1-5-10-21-13-8-6-12(7-9-13)14-15(22-11(2)3)17(20)18(4)16(14)19/h6-9,11H,5,10H2,1-4H3. The van der Waals surface area contributed by atoms with Gasteiger partial charge in [-0.3, -0.25) is 14.5 Å². The van der Waals surface area contributed by atoms with E-state index in [1.807, 2.05) is 45.0 Å².